The molecule has 0 spiro atoms. The standard InChI is InChI=1S/C13H29N3O2/c1-6-8-16(10-9-15(4)5)11-12(14-3)13(17)18-7-2/h12,14H,6-11H2,1-5H3. The monoisotopic (exact) mass is 259 g/mol. The molecule has 0 radical (unpaired) electrons. The summed E-state index contributed by atoms with van der Waals surface area (Å²) < 4.78 is 5.06. The molecule has 1 unspecified atom stereocenters. The molecule has 0 saturated carbocycles. The third-order valence-corrected chi connectivity index (χ3v) is 2.76. The number of likely N-dealkylation sites (N-methyl/N-ethyl adjacent to an activating group) is 2. The first-order chi connectivity index (χ1) is 8.54. The normalized spacial score (nSPS) is 13.1. The van der Waals surface area contributed by atoms with E-state index in [0.29, 0.717) is 13.2 Å². The number of carbonyl (C=O) groups is 1. The average Bonchev–Trinajstić information content (AvgIpc) is 2.32. The molecule has 0 heterocycles. The van der Waals surface area contributed by atoms with Crippen LogP contribution in [0.25, 0.3) is 0 Å². The van der Waals surface area contributed by atoms with Crippen LogP contribution in [-0.4, -0.2) is 75.7 Å². The second-order valence-corrected chi connectivity index (χ2v) is 4.70. The molecule has 0 bridgehead atoms. The van der Waals surface area contributed by atoms with E-state index in [2.05, 4.69) is 36.1 Å². The Balaban J connectivity index is 4.28. The van der Waals surface area contributed by atoms with Crippen LogP contribution in [0.4, 0.5) is 0 Å². The van der Waals surface area contributed by atoms with Crippen LogP contribution in [0, 0.1) is 0 Å². The summed E-state index contributed by atoms with van der Waals surface area (Å²) in [5.74, 6) is -0.161. The van der Waals surface area contributed by atoms with Gasteiger partial charge in [-0.1, -0.05) is 6.92 Å². The maximum Gasteiger partial charge on any atom is 0.324 e. The van der Waals surface area contributed by atoms with E-state index in [1.54, 1.807) is 7.05 Å². The second-order valence-electron chi connectivity index (χ2n) is 4.70. The van der Waals surface area contributed by atoms with Crippen molar-refractivity contribution in [3.8, 4) is 0 Å². The fourth-order valence-corrected chi connectivity index (χ4v) is 1.74. The lowest BCUT2D eigenvalue weighted by Crippen LogP contribution is -2.47. The van der Waals surface area contributed by atoms with E-state index in [-0.39, 0.29) is 12.0 Å². The van der Waals surface area contributed by atoms with Gasteiger partial charge >= 0.3 is 5.97 Å². The Kier molecular flexibility index (Phi) is 9.92. The van der Waals surface area contributed by atoms with Crippen molar-refractivity contribution >= 4 is 5.97 Å². The molecular formula is C13H29N3O2. The van der Waals surface area contributed by atoms with E-state index in [1.807, 2.05) is 6.92 Å². The fourth-order valence-electron chi connectivity index (χ4n) is 1.74. The van der Waals surface area contributed by atoms with Gasteiger partial charge in [0.2, 0.25) is 0 Å². The van der Waals surface area contributed by atoms with Gasteiger partial charge in [-0.2, -0.15) is 0 Å². The number of hydrogen-bond acceptors (Lipinski definition) is 5. The second kappa shape index (κ2) is 10.3. The van der Waals surface area contributed by atoms with Gasteiger partial charge in [0.15, 0.2) is 0 Å². The first-order valence-corrected chi connectivity index (χ1v) is 6.76. The van der Waals surface area contributed by atoms with Crippen molar-refractivity contribution in [2.75, 3.05) is 53.9 Å². The minimum Gasteiger partial charge on any atom is -0.465 e. The minimum atomic E-state index is -0.237. The SMILES string of the molecule is CCCN(CCN(C)C)CC(NC)C(=O)OCC. The zero-order valence-corrected chi connectivity index (χ0v) is 12.5. The Morgan fingerprint density at radius 1 is 1.22 bits per heavy atom. The molecule has 5 heteroatoms. The topological polar surface area (TPSA) is 44.8 Å². The van der Waals surface area contributed by atoms with E-state index < -0.39 is 0 Å². The fraction of sp³-hybridized carbons (Fsp3) is 0.923. The highest BCUT2D eigenvalue weighted by Gasteiger charge is 2.20. The summed E-state index contributed by atoms with van der Waals surface area (Å²) in [7, 11) is 5.92. The summed E-state index contributed by atoms with van der Waals surface area (Å²) in [4.78, 5) is 16.2. The number of rotatable bonds is 10. The van der Waals surface area contributed by atoms with E-state index in [9.17, 15) is 4.79 Å². The Hall–Kier alpha value is -0.650. The summed E-state index contributed by atoms with van der Waals surface area (Å²) in [5.41, 5.74) is 0. The smallest absolute Gasteiger partial charge is 0.324 e. The van der Waals surface area contributed by atoms with Crippen LogP contribution in [0.2, 0.25) is 0 Å². The number of hydrogen-bond donors (Lipinski definition) is 1. The number of ether oxygens (including phenoxy) is 1. The van der Waals surface area contributed by atoms with Gasteiger partial charge in [-0.05, 0) is 41.0 Å². The molecule has 5 nitrogen and oxygen atoms in total. The molecule has 0 amide bonds. The van der Waals surface area contributed by atoms with Crippen molar-refractivity contribution in [3.05, 3.63) is 0 Å². The van der Waals surface area contributed by atoms with Crippen molar-refractivity contribution in [2.45, 2.75) is 26.3 Å². The lowest BCUT2D eigenvalue weighted by atomic mass is 10.2. The molecule has 0 aromatic heterocycles. The number of carbonyl (C=O) groups excluding carboxylic acids is 1. The average molecular weight is 259 g/mol. The Bertz CT molecular complexity index is 222. The molecule has 0 rings (SSSR count). The molecule has 0 saturated heterocycles. The largest absolute Gasteiger partial charge is 0.465 e. The van der Waals surface area contributed by atoms with Gasteiger partial charge in [-0.3, -0.25) is 9.69 Å². The van der Waals surface area contributed by atoms with Crippen molar-refractivity contribution < 1.29 is 9.53 Å². The Morgan fingerprint density at radius 2 is 1.89 bits per heavy atom. The summed E-state index contributed by atoms with van der Waals surface area (Å²) in [6.07, 6.45) is 1.09. The number of nitrogens with one attached hydrogen (secondary N) is 1. The maximum absolute atomic E-state index is 11.7. The lowest BCUT2D eigenvalue weighted by Gasteiger charge is -2.27. The van der Waals surface area contributed by atoms with Gasteiger partial charge in [0.1, 0.15) is 6.04 Å². The molecule has 1 N–H and O–H groups in total. The van der Waals surface area contributed by atoms with Crippen LogP contribution in [0.5, 0.6) is 0 Å². The molecule has 0 fully saturated rings. The Labute approximate surface area is 111 Å². The molecule has 108 valence electrons. The molecular weight excluding hydrogens is 230 g/mol. The van der Waals surface area contributed by atoms with Crippen LogP contribution >= 0.6 is 0 Å². The van der Waals surface area contributed by atoms with Crippen LogP contribution in [0.1, 0.15) is 20.3 Å². The predicted octanol–water partition coefficient (Wildman–Crippen LogP) is 0.411. The molecule has 0 aliphatic rings. The van der Waals surface area contributed by atoms with Gasteiger partial charge in [0.05, 0.1) is 6.61 Å². The van der Waals surface area contributed by atoms with Crippen LogP contribution in [0.15, 0.2) is 0 Å². The highest BCUT2D eigenvalue weighted by atomic mass is 16.5. The lowest BCUT2D eigenvalue weighted by molar-refractivity contribution is -0.146. The van der Waals surface area contributed by atoms with Gasteiger partial charge in [0, 0.05) is 19.6 Å². The quantitative estimate of drug-likeness (QED) is 0.576. The van der Waals surface area contributed by atoms with Crippen molar-refractivity contribution in [1.29, 1.82) is 0 Å². The van der Waals surface area contributed by atoms with Crippen molar-refractivity contribution in [3.63, 3.8) is 0 Å². The summed E-state index contributed by atoms with van der Waals surface area (Å²) in [6.45, 7) is 8.10. The molecule has 18 heavy (non-hydrogen) atoms. The van der Waals surface area contributed by atoms with Crippen molar-refractivity contribution in [2.24, 2.45) is 0 Å². The summed E-state index contributed by atoms with van der Waals surface area (Å²) in [5, 5.41) is 3.03. The van der Waals surface area contributed by atoms with Gasteiger partial charge < -0.3 is 15.0 Å². The van der Waals surface area contributed by atoms with Gasteiger partial charge in [-0.25, -0.2) is 0 Å². The zero-order chi connectivity index (χ0) is 14.0. The maximum atomic E-state index is 11.7. The van der Waals surface area contributed by atoms with Crippen LogP contribution in [0.3, 0.4) is 0 Å². The van der Waals surface area contributed by atoms with Crippen LogP contribution < -0.4 is 5.32 Å². The number of esters is 1. The van der Waals surface area contributed by atoms with E-state index in [0.717, 1.165) is 26.1 Å². The van der Waals surface area contributed by atoms with E-state index >= 15 is 0 Å². The Morgan fingerprint density at radius 3 is 2.33 bits per heavy atom. The molecule has 1 atom stereocenters. The molecule has 0 aromatic carbocycles. The minimum absolute atomic E-state index is 0.161. The highest BCUT2D eigenvalue weighted by Crippen LogP contribution is 1.98. The van der Waals surface area contributed by atoms with Gasteiger partial charge in [-0.15, -0.1) is 0 Å². The highest BCUT2D eigenvalue weighted by molar-refractivity contribution is 5.76. The van der Waals surface area contributed by atoms with E-state index in [4.69, 9.17) is 4.74 Å². The third kappa shape index (κ3) is 7.63. The summed E-state index contributed by atoms with van der Waals surface area (Å²) in [6, 6.07) is -0.237. The predicted molar refractivity (Wildman–Crippen MR) is 74.8 cm³/mol. The van der Waals surface area contributed by atoms with Crippen molar-refractivity contribution in [1.82, 2.24) is 15.1 Å². The number of nitrogens with zero attached hydrogens (tertiary/aromatic N) is 2. The molecule has 0 aliphatic carbocycles. The van der Waals surface area contributed by atoms with Crippen LogP contribution in [-0.2, 0) is 9.53 Å². The molecule has 0 aromatic rings. The van der Waals surface area contributed by atoms with E-state index in [1.165, 1.54) is 0 Å². The summed E-state index contributed by atoms with van der Waals surface area (Å²) >= 11 is 0. The molecule has 0 aliphatic heterocycles. The van der Waals surface area contributed by atoms with Gasteiger partial charge in [0.25, 0.3) is 0 Å². The first kappa shape index (κ1) is 17.4. The first-order valence-electron chi connectivity index (χ1n) is 6.76. The third-order valence-electron chi connectivity index (χ3n) is 2.76. The zero-order valence-electron chi connectivity index (χ0n) is 12.5.